The molecule has 23 heavy (non-hydrogen) atoms. The molecule has 0 radical (unpaired) electrons. The molecule has 1 amide bonds. The number of ether oxygens (including phenoxy) is 1. The first-order valence-corrected chi connectivity index (χ1v) is 8.78. The van der Waals surface area contributed by atoms with Gasteiger partial charge >= 0.3 is 0 Å². The monoisotopic (exact) mass is 329 g/mol. The van der Waals surface area contributed by atoms with Crippen LogP contribution in [0.25, 0.3) is 6.08 Å². The van der Waals surface area contributed by atoms with Crippen LogP contribution < -0.4 is 10.1 Å². The van der Waals surface area contributed by atoms with Crippen LogP contribution in [-0.2, 0) is 17.0 Å². The minimum Gasteiger partial charge on any atom is -0.493 e. The van der Waals surface area contributed by atoms with E-state index in [9.17, 15) is 4.79 Å². The zero-order chi connectivity index (χ0) is 15.9. The van der Waals surface area contributed by atoms with E-state index in [0.717, 1.165) is 41.6 Å². The van der Waals surface area contributed by atoms with Crippen LogP contribution >= 0.6 is 11.8 Å². The van der Waals surface area contributed by atoms with Gasteiger partial charge in [0.25, 0.3) is 0 Å². The maximum absolute atomic E-state index is 11.8. The van der Waals surface area contributed by atoms with Crippen LogP contribution in [0.15, 0.2) is 47.1 Å². The lowest BCUT2D eigenvalue weighted by atomic mass is 10.1. The van der Waals surface area contributed by atoms with E-state index in [4.69, 9.17) is 9.15 Å². The minimum atomic E-state index is -0.0691. The van der Waals surface area contributed by atoms with Gasteiger partial charge in [-0.05, 0) is 41.5 Å². The van der Waals surface area contributed by atoms with E-state index in [-0.39, 0.29) is 5.91 Å². The van der Waals surface area contributed by atoms with E-state index in [0.29, 0.717) is 6.54 Å². The van der Waals surface area contributed by atoms with Crippen LogP contribution in [0, 0.1) is 0 Å². The summed E-state index contributed by atoms with van der Waals surface area (Å²) in [6, 6.07) is 9.84. The average molecular weight is 329 g/mol. The number of carbonyl (C=O) groups is 1. The predicted octanol–water partition coefficient (Wildman–Crippen LogP) is 3.28. The van der Waals surface area contributed by atoms with Gasteiger partial charge in [-0.25, -0.2) is 0 Å². The van der Waals surface area contributed by atoms with Gasteiger partial charge in [0.05, 0.1) is 18.6 Å². The summed E-state index contributed by atoms with van der Waals surface area (Å²) in [6.07, 6.45) is 6.03. The minimum absolute atomic E-state index is 0.0691. The summed E-state index contributed by atoms with van der Waals surface area (Å²) < 4.78 is 10.7. The smallest absolute Gasteiger partial charge is 0.244 e. The van der Waals surface area contributed by atoms with E-state index >= 15 is 0 Å². The summed E-state index contributed by atoms with van der Waals surface area (Å²) in [6.45, 7) is 1.39. The van der Waals surface area contributed by atoms with Gasteiger partial charge in [-0.1, -0.05) is 6.07 Å². The van der Waals surface area contributed by atoms with Gasteiger partial charge in [-0.3, -0.25) is 4.79 Å². The molecular weight excluding hydrogens is 310 g/mol. The van der Waals surface area contributed by atoms with Gasteiger partial charge in [0, 0.05) is 24.8 Å². The molecule has 0 saturated heterocycles. The Hall–Kier alpha value is -2.14. The van der Waals surface area contributed by atoms with E-state index in [1.54, 1.807) is 24.1 Å². The van der Waals surface area contributed by atoms with Crippen molar-refractivity contribution in [2.45, 2.75) is 12.2 Å². The summed E-state index contributed by atoms with van der Waals surface area (Å²) in [5.41, 5.74) is 2.23. The molecule has 0 atom stereocenters. The molecule has 1 aliphatic rings. The highest BCUT2D eigenvalue weighted by Crippen LogP contribution is 2.26. The van der Waals surface area contributed by atoms with Crippen LogP contribution in [0.3, 0.4) is 0 Å². The Morgan fingerprint density at radius 1 is 1.35 bits per heavy atom. The first kappa shape index (κ1) is 15.7. The zero-order valence-corrected chi connectivity index (χ0v) is 13.6. The molecule has 0 bridgehead atoms. The lowest BCUT2D eigenvalue weighted by Gasteiger charge is -2.02. The SMILES string of the molecule is O=C(C=Cc1ccc2c(c1)CCO2)NCCSCc1ccco1. The number of rotatable bonds is 7. The van der Waals surface area contributed by atoms with Crippen molar-refractivity contribution >= 4 is 23.7 Å². The molecule has 1 aliphatic heterocycles. The lowest BCUT2D eigenvalue weighted by molar-refractivity contribution is -0.116. The third-order valence-electron chi connectivity index (χ3n) is 3.51. The highest BCUT2D eigenvalue weighted by Gasteiger charge is 2.11. The highest BCUT2D eigenvalue weighted by atomic mass is 32.2. The summed E-state index contributed by atoms with van der Waals surface area (Å²) in [5, 5.41) is 2.88. The second kappa shape index (κ2) is 7.92. The standard InChI is InChI=1S/C18H19NO3S/c20-18(19-8-11-23-13-16-2-1-9-21-16)6-4-14-3-5-17-15(12-14)7-10-22-17/h1-6,9,12H,7-8,10-11,13H2,(H,19,20). The Balaban J connectivity index is 1.37. The number of carbonyl (C=O) groups excluding carboxylic acids is 1. The Morgan fingerprint density at radius 3 is 3.17 bits per heavy atom. The Bertz CT molecular complexity index is 680. The molecule has 120 valence electrons. The van der Waals surface area contributed by atoms with Crippen molar-refractivity contribution in [3.63, 3.8) is 0 Å². The molecule has 3 rings (SSSR count). The molecule has 1 aromatic heterocycles. The number of furan rings is 1. The first-order valence-electron chi connectivity index (χ1n) is 7.63. The fourth-order valence-corrected chi connectivity index (χ4v) is 3.11. The third-order valence-corrected chi connectivity index (χ3v) is 4.49. The number of benzene rings is 1. The molecule has 0 aliphatic carbocycles. The van der Waals surface area contributed by atoms with E-state index in [1.807, 2.05) is 30.3 Å². The third kappa shape index (κ3) is 4.66. The molecule has 1 aromatic carbocycles. The number of nitrogens with one attached hydrogen (secondary N) is 1. The van der Waals surface area contributed by atoms with Crippen molar-refractivity contribution < 1.29 is 13.9 Å². The van der Waals surface area contributed by atoms with Gasteiger partial charge in [-0.2, -0.15) is 11.8 Å². The van der Waals surface area contributed by atoms with Crippen molar-refractivity contribution in [3.8, 4) is 5.75 Å². The molecular formula is C18H19NO3S. The molecule has 1 N–H and O–H groups in total. The number of fused-ring (bicyclic) bond motifs is 1. The van der Waals surface area contributed by atoms with Crippen LogP contribution in [0.4, 0.5) is 0 Å². The molecule has 0 fully saturated rings. The topological polar surface area (TPSA) is 51.5 Å². The normalized spacial score (nSPS) is 13.0. The maximum atomic E-state index is 11.8. The second-order valence-electron chi connectivity index (χ2n) is 5.22. The first-order chi connectivity index (χ1) is 11.3. The Labute approximate surface area is 139 Å². The Kier molecular flexibility index (Phi) is 5.42. The van der Waals surface area contributed by atoms with Crippen LogP contribution in [0.1, 0.15) is 16.9 Å². The molecule has 2 aromatic rings. The number of hydrogen-bond acceptors (Lipinski definition) is 4. The van der Waals surface area contributed by atoms with Crippen LogP contribution in [0.5, 0.6) is 5.75 Å². The van der Waals surface area contributed by atoms with Crippen molar-refractivity contribution in [2.24, 2.45) is 0 Å². The summed E-state index contributed by atoms with van der Waals surface area (Å²) >= 11 is 1.73. The molecule has 0 unspecified atom stereocenters. The molecule has 0 saturated carbocycles. The van der Waals surface area contributed by atoms with Gasteiger partial charge in [0.2, 0.25) is 5.91 Å². The second-order valence-corrected chi connectivity index (χ2v) is 6.33. The van der Waals surface area contributed by atoms with Crippen molar-refractivity contribution in [1.29, 1.82) is 0 Å². The van der Waals surface area contributed by atoms with E-state index in [2.05, 4.69) is 11.4 Å². The molecule has 5 heteroatoms. The summed E-state index contributed by atoms with van der Waals surface area (Å²) in [5.74, 6) is 3.54. The molecule has 0 spiro atoms. The van der Waals surface area contributed by atoms with Crippen molar-refractivity contribution in [3.05, 3.63) is 59.6 Å². The predicted molar refractivity (Wildman–Crippen MR) is 92.6 cm³/mol. The van der Waals surface area contributed by atoms with Crippen LogP contribution in [0.2, 0.25) is 0 Å². The largest absolute Gasteiger partial charge is 0.493 e. The van der Waals surface area contributed by atoms with Gasteiger partial charge < -0.3 is 14.5 Å². The van der Waals surface area contributed by atoms with Crippen LogP contribution in [-0.4, -0.2) is 24.8 Å². The van der Waals surface area contributed by atoms with Gasteiger partial charge in [-0.15, -0.1) is 0 Å². The fourth-order valence-electron chi connectivity index (χ4n) is 2.35. The van der Waals surface area contributed by atoms with Gasteiger partial charge in [0.15, 0.2) is 0 Å². The summed E-state index contributed by atoms with van der Waals surface area (Å²) in [4.78, 5) is 11.8. The van der Waals surface area contributed by atoms with Gasteiger partial charge in [0.1, 0.15) is 11.5 Å². The van der Waals surface area contributed by atoms with Crippen molar-refractivity contribution in [2.75, 3.05) is 18.9 Å². The zero-order valence-electron chi connectivity index (χ0n) is 12.8. The summed E-state index contributed by atoms with van der Waals surface area (Å²) in [7, 11) is 0. The number of hydrogen-bond donors (Lipinski definition) is 1. The quantitative estimate of drug-likeness (QED) is 0.626. The Morgan fingerprint density at radius 2 is 2.30 bits per heavy atom. The lowest BCUT2D eigenvalue weighted by Crippen LogP contribution is -2.23. The number of thioether (sulfide) groups is 1. The maximum Gasteiger partial charge on any atom is 0.244 e. The van der Waals surface area contributed by atoms with Crippen molar-refractivity contribution in [1.82, 2.24) is 5.32 Å². The molecule has 4 nitrogen and oxygen atoms in total. The van der Waals surface area contributed by atoms with E-state index < -0.39 is 0 Å². The number of amides is 1. The fraction of sp³-hybridized carbons (Fsp3) is 0.278. The van der Waals surface area contributed by atoms with E-state index in [1.165, 1.54) is 5.56 Å². The highest BCUT2D eigenvalue weighted by molar-refractivity contribution is 7.98. The average Bonchev–Trinajstić information content (AvgIpc) is 3.23. The molecule has 2 heterocycles.